The van der Waals surface area contributed by atoms with Crippen LogP contribution in [-0.2, 0) is 0 Å². The van der Waals surface area contributed by atoms with Crippen LogP contribution in [0.25, 0.3) is 0 Å². The second kappa shape index (κ2) is 5.67. The Morgan fingerprint density at radius 1 is 1.36 bits per heavy atom. The predicted octanol–water partition coefficient (Wildman–Crippen LogP) is 0.689. The molecule has 1 unspecified atom stereocenters. The van der Waals surface area contributed by atoms with E-state index in [2.05, 4.69) is 41.2 Å². The molecule has 4 heteroatoms. The minimum atomic E-state index is 0.316. The smallest absolute Gasteiger partial charge is 0.115 e. The number of nitrogens with zero attached hydrogens (tertiary/aromatic N) is 3. The summed E-state index contributed by atoms with van der Waals surface area (Å²) in [5, 5.41) is 3.41. The zero-order valence-electron chi connectivity index (χ0n) is 9.07. The van der Waals surface area contributed by atoms with E-state index in [0.717, 1.165) is 18.7 Å². The van der Waals surface area contributed by atoms with Crippen LogP contribution in [0.5, 0.6) is 0 Å². The summed E-state index contributed by atoms with van der Waals surface area (Å²) in [6, 6.07) is 0.316. The van der Waals surface area contributed by atoms with Gasteiger partial charge < -0.3 is 10.2 Å². The van der Waals surface area contributed by atoms with Crippen molar-refractivity contribution in [3.05, 3.63) is 24.3 Å². The Hall–Kier alpha value is -1.00. The van der Waals surface area contributed by atoms with Gasteiger partial charge in [-0.2, -0.15) is 0 Å². The lowest BCUT2D eigenvalue weighted by Crippen LogP contribution is -2.31. The number of aromatic nitrogens is 2. The normalized spacial score (nSPS) is 13.1. The van der Waals surface area contributed by atoms with Crippen LogP contribution >= 0.6 is 0 Å². The van der Waals surface area contributed by atoms with Gasteiger partial charge in [0.15, 0.2) is 0 Å². The van der Waals surface area contributed by atoms with Crippen molar-refractivity contribution >= 4 is 0 Å². The van der Waals surface area contributed by atoms with Gasteiger partial charge in [-0.25, -0.2) is 9.97 Å². The summed E-state index contributed by atoms with van der Waals surface area (Å²) in [5.74, 6) is 0. The molecule has 0 amide bonds. The summed E-state index contributed by atoms with van der Waals surface area (Å²) in [4.78, 5) is 10.2. The van der Waals surface area contributed by atoms with Crippen LogP contribution in [0.2, 0.25) is 0 Å². The Kier molecular flexibility index (Phi) is 4.49. The highest BCUT2D eigenvalue weighted by atomic mass is 15.1. The number of likely N-dealkylation sites (N-methyl/N-ethyl adjacent to an activating group) is 2. The largest absolute Gasteiger partial charge is 0.309 e. The van der Waals surface area contributed by atoms with E-state index in [1.165, 1.54) is 0 Å². The monoisotopic (exact) mass is 194 g/mol. The Bertz CT molecular complexity index is 248. The van der Waals surface area contributed by atoms with E-state index in [4.69, 9.17) is 0 Å². The molecule has 1 rings (SSSR count). The maximum absolute atomic E-state index is 4.03. The maximum Gasteiger partial charge on any atom is 0.115 e. The quantitative estimate of drug-likeness (QED) is 0.748. The second-order valence-electron chi connectivity index (χ2n) is 3.54. The van der Waals surface area contributed by atoms with E-state index in [0.29, 0.717) is 6.04 Å². The molecule has 0 radical (unpaired) electrons. The number of hydrogen-bond donors (Lipinski definition) is 1. The average Bonchev–Trinajstić information content (AvgIpc) is 2.18. The summed E-state index contributed by atoms with van der Waals surface area (Å²) < 4.78 is 0. The number of rotatable bonds is 5. The predicted molar refractivity (Wildman–Crippen MR) is 57.0 cm³/mol. The average molecular weight is 194 g/mol. The van der Waals surface area contributed by atoms with Crippen molar-refractivity contribution < 1.29 is 0 Å². The molecule has 1 aromatic heterocycles. The minimum absolute atomic E-state index is 0.316. The lowest BCUT2D eigenvalue weighted by Gasteiger charge is -2.21. The van der Waals surface area contributed by atoms with Crippen molar-refractivity contribution in [1.82, 2.24) is 20.2 Å². The zero-order valence-corrected chi connectivity index (χ0v) is 9.07. The molecule has 1 aromatic rings. The molecule has 1 heterocycles. The van der Waals surface area contributed by atoms with E-state index < -0.39 is 0 Å². The molecule has 0 spiro atoms. The molecule has 0 saturated heterocycles. The summed E-state index contributed by atoms with van der Waals surface area (Å²) in [7, 11) is 4.13. The third-order valence-electron chi connectivity index (χ3n) is 1.98. The minimum Gasteiger partial charge on any atom is -0.309 e. The molecule has 0 aromatic carbocycles. The first-order valence-electron chi connectivity index (χ1n) is 4.87. The van der Waals surface area contributed by atoms with Crippen LogP contribution in [0.15, 0.2) is 18.7 Å². The molecule has 0 aliphatic rings. The van der Waals surface area contributed by atoms with Gasteiger partial charge in [0.1, 0.15) is 6.33 Å². The molecule has 14 heavy (non-hydrogen) atoms. The fourth-order valence-corrected chi connectivity index (χ4v) is 1.39. The first-order valence-corrected chi connectivity index (χ1v) is 4.87. The molecule has 0 aliphatic heterocycles. The molecule has 1 N–H and O–H groups in total. The first-order chi connectivity index (χ1) is 6.74. The lowest BCUT2D eigenvalue weighted by molar-refractivity contribution is 0.344. The summed E-state index contributed by atoms with van der Waals surface area (Å²) >= 11 is 0. The van der Waals surface area contributed by atoms with E-state index in [9.17, 15) is 0 Å². The fraction of sp³-hybridized carbons (Fsp3) is 0.600. The van der Waals surface area contributed by atoms with Gasteiger partial charge >= 0.3 is 0 Å². The molecule has 0 fully saturated rings. The Morgan fingerprint density at radius 3 is 2.50 bits per heavy atom. The van der Waals surface area contributed by atoms with Gasteiger partial charge in [-0.3, -0.25) is 0 Å². The molecule has 0 saturated carbocycles. The van der Waals surface area contributed by atoms with Crippen molar-refractivity contribution in [2.45, 2.75) is 13.0 Å². The van der Waals surface area contributed by atoms with Gasteiger partial charge in [-0.05, 0) is 20.6 Å². The first kappa shape index (κ1) is 11.1. The molecule has 0 aliphatic carbocycles. The maximum atomic E-state index is 4.03. The number of nitrogens with one attached hydrogen (secondary N) is 1. The van der Waals surface area contributed by atoms with Crippen molar-refractivity contribution in [3.8, 4) is 0 Å². The molecule has 78 valence electrons. The van der Waals surface area contributed by atoms with E-state index in [1.54, 1.807) is 6.33 Å². The van der Waals surface area contributed by atoms with Crippen LogP contribution in [-0.4, -0.2) is 42.1 Å². The van der Waals surface area contributed by atoms with Crippen LogP contribution in [0.1, 0.15) is 18.5 Å². The van der Waals surface area contributed by atoms with Gasteiger partial charge in [0.2, 0.25) is 0 Å². The van der Waals surface area contributed by atoms with Crippen molar-refractivity contribution in [2.75, 3.05) is 27.2 Å². The lowest BCUT2D eigenvalue weighted by atomic mass is 10.1. The number of hydrogen-bond acceptors (Lipinski definition) is 4. The van der Waals surface area contributed by atoms with Crippen LogP contribution in [0.4, 0.5) is 0 Å². The third-order valence-corrected chi connectivity index (χ3v) is 1.98. The molecule has 4 nitrogen and oxygen atoms in total. The third kappa shape index (κ3) is 3.40. The van der Waals surface area contributed by atoms with Crippen molar-refractivity contribution in [2.24, 2.45) is 0 Å². The topological polar surface area (TPSA) is 41.0 Å². The van der Waals surface area contributed by atoms with Crippen molar-refractivity contribution in [1.29, 1.82) is 0 Å². The van der Waals surface area contributed by atoms with Gasteiger partial charge in [0.25, 0.3) is 0 Å². The van der Waals surface area contributed by atoms with Crippen molar-refractivity contribution in [3.63, 3.8) is 0 Å². The molecular weight excluding hydrogens is 176 g/mol. The highest BCUT2D eigenvalue weighted by Crippen LogP contribution is 2.10. The van der Waals surface area contributed by atoms with Gasteiger partial charge in [0, 0.05) is 30.5 Å². The van der Waals surface area contributed by atoms with Crippen LogP contribution in [0.3, 0.4) is 0 Å². The fourth-order valence-electron chi connectivity index (χ4n) is 1.39. The highest BCUT2D eigenvalue weighted by Gasteiger charge is 2.10. The van der Waals surface area contributed by atoms with Gasteiger partial charge in [-0.1, -0.05) is 6.92 Å². The van der Waals surface area contributed by atoms with E-state index in [1.807, 2.05) is 12.4 Å². The Morgan fingerprint density at radius 2 is 2.00 bits per heavy atom. The second-order valence-corrected chi connectivity index (χ2v) is 3.54. The summed E-state index contributed by atoms with van der Waals surface area (Å²) in [6.07, 6.45) is 5.29. The van der Waals surface area contributed by atoms with E-state index >= 15 is 0 Å². The van der Waals surface area contributed by atoms with Gasteiger partial charge in [0.05, 0.1) is 0 Å². The SMILES string of the molecule is CCNC(CN(C)C)c1cncnc1. The van der Waals surface area contributed by atoms with Gasteiger partial charge in [-0.15, -0.1) is 0 Å². The zero-order chi connectivity index (χ0) is 10.4. The van der Waals surface area contributed by atoms with E-state index in [-0.39, 0.29) is 0 Å². The summed E-state index contributed by atoms with van der Waals surface area (Å²) in [6.45, 7) is 4.01. The molecular formula is C10H18N4. The molecule has 1 atom stereocenters. The van der Waals surface area contributed by atoms with Crippen LogP contribution in [0, 0.1) is 0 Å². The molecule has 0 bridgehead atoms. The standard InChI is InChI=1S/C10H18N4/c1-4-13-10(7-14(2)3)9-5-11-8-12-6-9/h5-6,8,10,13H,4,7H2,1-3H3. The van der Waals surface area contributed by atoms with Crippen LogP contribution < -0.4 is 5.32 Å². The Balaban J connectivity index is 2.67. The highest BCUT2D eigenvalue weighted by molar-refractivity contribution is 5.09. The Labute approximate surface area is 85.4 Å². The summed E-state index contributed by atoms with van der Waals surface area (Å²) in [5.41, 5.74) is 1.14.